The molecule has 1 N–H and O–H groups in total. The summed E-state index contributed by atoms with van der Waals surface area (Å²) in [4.78, 5) is 28.5. The molecule has 7 heteroatoms. The highest BCUT2D eigenvalue weighted by atomic mass is 35.5. The fraction of sp³-hybridized carbons (Fsp3) is 0.286. The predicted molar refractivity (Wildman–Crippen MR) is 141 cm³/mol. The zero-order valence-corrected chi connectivity index (χ0v) is 21.5. The van der Waals surface area contributed by atoms with Crippen molar-refractivity contribution in [2.75, 3.05) is 7.11 Å². The highest BCUT2D eigenvalue weighted by Gasteiger charge is 2.30. The number of amides is 2. The van der Waals surface area contributed by atoms with Gasteiger partial charge < -0.3 is 15.0 Å². The molecule has 184 valence electrons. The van der Waals surface area contributed by atoms with E-state index in [1.54, 1.807) is 30.2 Å². The van der Waals surface area contributed by atoms with Crippen molar-refractivity contribution in [3.8, 4) is 5.75 Å². The minimum absolute atomic E-state index is 0.0658. The Balaban J connectivity index is 1.88. The second-order valence-electron chi connectivity index (χ2n) is 8.28. The van der Waals surface area contributed by atoms with E-state index in [0.717, 1.165) is 22.4 Å². The zero-order valence-electron chi connectivity index (χ0n) is 20.0. The summed E-state index contributed by atoms with van der Waals surface area (Å²) < 4.78 is 5.25. The summed E-state index contributed by atoms with van der Waals surface area (Å²) in [7, 11) is 1.61. The van der Waals surface area contributed by atoms with E-state index < -0.39 is 6.04 Å². The Bertz CT molecular complexity index is 1120. The second kappa shape index (κ2) is 13.2. The van der Waals surface area contributed by atoms with Crippen molar-refractivity contribution in [2.24, 2.45) is 0 Å². The van der Waals surface area contributed by atoms with E-state index in [-0.39, 0.29) is 18.4 Å². The van der Waals surface area contributed by atoms with Crippen molar-refractivity contribution in [3.05, 3.63) is 99.5 Å². The van der Waals surface area contributed by atoms with Crippen LogP contribution in [0.1, 0.15) is 36.5 Å². The van der Waals surface area contributed by atoms with Gasteiger partial charge in [-0.1, -0.05) is 78.7 Å². The molecule has 0 saturated carbocycles. The highest BCUT2D eigenvalue weighted by molar-refractivity contribution is 6.35. The number of rotatable bonds is 11. The van der Waals surface area contributed by atoms with Crippen LogP contribution in [-0.2, 0) is 29.1 Å². The lowest BCUT2D eigenvalue weighted by atomic mass is 10.0. The van der Waals surface area contributed by atoms with Gasteiger partial charge in [-0.25, -0.2) is 0 Å². The van der Waals surface area contributed by atoms with Gasteiger partial charge in [0.15, 0.2) is 0 Å². The molecule has 0 aliphatic rings. The van der Waals surface area contributed by atoms with Crippen LogP contribution in [0.25, 0.3) is 0 Å². The Morgan fingerprint density at radius 3 is 2.31 bits per heavy atom. The average molecular weight is 513 g/mol. The van der Waals surface area contributed by atoms with Crippen LogP contribution in [0.5, 0.6) is 5.75 Å². The standard InChI is InChI=1S/C28H30Cl2N2O3/c1-3-7-27(33)32(19-21-10-14-24(35-2)15-11-21)26(16-20-8-5-4-6-9-20)28(34)31-18-22-12-13-23(29)17-25(22)30/h4-6,8-15,17,26H,3,7,16,18-19H2,1-2H3,(H,31,34). The summed E-state index contributed by atoms with van der Waals surface area (Å²) in [6.07, 6.45) is 1.45. The first-order chi connectivity index (χ1) is 16.9. The van der Waals surface area contributed by atoms with Crippen LogP contribution in [0.4, 0.5) is 0 Å². The summed E-state index contributed by atoms with van der Waals surface area (Å²) in [6.45, 7) is 2.51. The van der Waals surface area contributed by atoms with Crippen LogP contribution in [0.15, 0.2) is 72.8 Å². The maximum atomic E-state index is 13.5. The molecule has 0 saturated heterocycles. The molecule has 5 nitrogen and oxygen atoms in total. The van der Waals surface area contributed by atoms with Gasteiger partial charge in [-0.2, -0.15) is 0 Å². The Morgan fingerprint density at radius 1 is 0.971 bits per heavy atom. The van der Waals surface area contributed by atoms with Crippen molar-refractivity contribution in [3.63, 3.8) is 0 Å². The van der Waals surface area contributed by atoms with Gasteiger partial charge in [0.05, 0.1) is 7.11 Å². The first kappa shape index (κ1) is 26.6. The number of hydrogen-bond acceptors (Lipinski definition) is 3. The van der Waals surface area contributed by atoms with Crippen LogP contribution < -0.4 is 10.1 Å². The summed E-state index contributed by atoms with van der Waals surface area (Å²) in [5.41, 5.74) is 2.65. The van der Waals surface area contributed by atoms with E-state index in [2.05, 4.69) is 5.32 Å². The summed E-state index contributed by atoms with van der Waals surface area (Å²) in [5, 5.41) is 3.99. The molecule has 0 aliphatic heterocycles. The summed E-state index contributed by atoms with van der Waals surface area (Å²) >= 11 is 12.3. The Morgan fingerprint density at radius 2 is 1.69 bits per heavy atom. The van der Waals surface area contributed by atoms with E-state index in [0.29, 0.717) is 35.9 Å². The van der Waals surface area contributed by atoms with Crippen molar-refractivity contribution in [2.45, 2.75) is 45.3 Å². The highest BCUT2D eigenvalue weighted by Crippen LogP contribution is 2.22. The molecule has 1 atom stereocenters. The molecule has 0 bridgehead atoms. The minimum Gasteiger partial charge on any atom is -0.497 e. The smallest absolute Gasteiger partial charge is 0.243 e. The first-order valence-corrected chi connectivity index (χ1v) is 12.3. The maximum absolute atomic E-state index is 13.5. The molecule has 1 unspecified atom stereocenters. The maximum Gasteiger partial charge on any atom is 0.243 e. The number of halogens is 2. The van der Waals surface area contributed by atoms with Crippen LogP contribution in [0.3, 0.4) is 0 Å². The molecule has 3 aromatic rings. The lowest BCUT2D eigenvalue weighted by Crippen LogP contribution is -2.50. The number of nitrogens with one attached hydrogen (secondary N) is 1. The molecule has 35 heavy (non-hydrogen) atoms. The number of carbonyl (C=O) groups is 2. The SMILES string of the molecule is CCCC(=O)N(Cc1ccc(OC)cc1)C(Cc1ccccc1)C(=O)NCc1ccc(Cl)cc1Cl. The van der Waals surface area contributed by atoms with Crippen molar-refractivity contribution in [1.29, 1.82) is 0 Å². The first-order valence-electron chi connectivity index (χ1n) is 11.6. The third kappa shape index (κ3) is 7.74. The van der Waals surface area contributed by atoms with E-state index in [9.17, 15) is 9.59 Å². The van der Waals surface area contributed by atoms with Crippen LogP contribution in [-0.4, -0.2) is 29.9 Å². The van der Waals surface area contributed by atoms with Crippen molar-refractivity contribution in [1.82, 2.24) is 10.2 Å². The third-order valence-corrected chi connectivity index (χ3v) is 6.30. The second-order valence-corrected chi connectivity index (χ2v) is 9.12. The van der Waals surface area contributed by atoms with Crippen LogP contribution in [0.2, 0.25) is 10.0 Å². The largest absolute Gasteiger partial charge is 0.497 e. The van der Waals surface area contributed by atoms with E-state index in [1.807, 2.05) is 61.5 Å². The van der Waals surface area contributed by atoms with Gasteiger partial charge in [0, 0.05) is 36.0 Å². The van der Waals surface area contributed by atoms with Gasteiger partial charge in [0.2, 0.25) is 11.8 Å². The lowest BCUT2D eigenvalue weighted by Gasteiger charge is -2.31. The Labute approximate surface area is 217 Å². The molecule has 3 rings (SSSR count). The predicted octanol–water partition coefficient (Wildman–Crippen LogP) is 6.06. The molecule has 0 aromatic heterocycles. The number of carbonyl (C=O) groups excluding carboxylic acids is 2. The van der Waals surface area contributed by atoms with Gasteiger partial charge in [-0.3, -0.25) is 9.59 Å². The average Bonchev–Trinajstić information content (AvgIpc) is 2.86. The fourth-order valence-electron chi connectivity index (χ4n) is 3.80. The molecule has 0 heterocycles. The summed E-state index contributed by atoms with van der Waals surface area (Å²) in [5.74, 6) is 0.431. The quantitative estimate of drug-likeness (QED) is 0.339. The zero-order chi connectivity index (χ0) is 25.2. The van der Waals surface area contributed by atoms with Crippen LogP contribution >= 0.6 is 23.2 Å². The van der Waals surface area contributed by atoms with Crippen molar-refractivity contribution >= 4 is 35.0 Å². The number of methoxy groups -OCH3 is 1. The topological polar surface area (TPSA) is 58.6 Å². The molecule has 0 aliphatic carbocycles. The van der Waals surface area contributed by atoms with Crippen molar-refractivity contribution < 1.29 is 14.3 Å². The van der Waals surface area contributed by atoms with Gasteiger partial charge in [0.1, 0.15) is 11.8 Å². The number of ether oxygens (including phenoxy) is 1. The molecule has 0 radical (unpaired) electrons. The Hall–Kier alpha value is -3.02. The normalized spacial score (nSPS) is 11.5. The van der Waals surface area contributed by atoms with E-state index in [4.69, 9.17) is 27.9 Å². The van der Waals surface area contributed by atoms with E-state index >= 15 is 0 Å². The number of hydrogen-bond donors (Lipinski definition) is 1. The molecule has 0 spiro atoms. The minimum atomic E-state index is -0.690. The fourth-order valence-corrected chi connectivity index (χ4v) is 4.28. The molecule has 2 amide bonds. The van der Waals surface area contributed by atoms with Gasteiger partial charge in [-0.15, -0.1) is 0 Å². The van der Waals surface area contributed by atoms with Gasteiger partial charge >= 0.3 is 0 Å². The molecule has 0 fully saturated rings. The number of nitrogens with zero attached hydrogens (tertiary/aromatic N) is 1. The van der Waals surface area contributed by atoms with Gasteiger partial charge in [-0.05, 0) is 47.4 Å². The number of benzene rings is 3. The van der Waals surface area contributed by atoms with Gasteiger partial charge in [0.25, 0.3) is 0 Å². The lowest BCUT2D eigenvalue weighted by molar-refractivity contribution is -0.141. The third-order valence-electron chi connectivity index (χ3n) is 5.72. The van der Waals surface area contributed by atoms with Crippen LogP contribution in [0, 0.1) is 0 Å². The molecular formula is C28H30Cl2N2O3. The molecular weight excluding hydrogens is 483 g/mol. The van der Waals surface area contributed by atoms with E-state index in [1.165, 1.54) is 0 Å². The molecule has 3 aromatic carbocycles. The monoisotopic (exact) mass is 512 g/mol. The Kier molecular flexibility index (Phi) is 10.0. The summed E-state index contributed by atoms with van der Waals surface area (Å²) in [6, 6.07) is 21.7.